The Morgan fingerprint density at radius 2 is 1.84 bits per heavy atom. The molecule has 0 bridgehead atoms. The van der Waals surface area contributed by atoms with Crippen LogP contribution in [-0.4, -0.2) is 54.5 Å². The average Bonchev–Trinajstić information content (AvgIpc) is 3.03. The quantitative estimate of drug-likeness (QED) is 0.369. The van der Waals surface area contributed by atoms with Crippen molar-refractivity contribution in [2.75, 3.05) is 19.7 Å². The zero-order valence-corrected chi connectivity index (χ0v) is 26.2. The van der Waals surface area contributed by atoms with E-state index in [9.17, 15) is 14.4 Å². The Morgan fingerprint density at radius 3 is 2.58 bits per heavy atom. The molecule has 2 heterocycles. The Kier molecular flexibility index (Phi) is 10.8. The molecule has 4 aliphatic rings. The van der Waals surface area contributed by atoms with E-state index >= 15 is 0 Å². The Labute approximate surface area is 261 Å². The van der Waals surface area contributed by atoms with Gasteiger partial charge in [-0.2, -0.15) is 0 Å². The lowest BCUT2D eigenvalue weighted by Gasteiger charge is -2.46. The monoisotopic (exact) mass is 607 g/mol. The number of esters is 1. The maximum Gasteiger partial charge on any atom is 0.312 e. The SMILES string of the molecule is CCOC(=O)C1(C2CCCCC2)CCN(C(=O)C(CC2=C/C=C(/Cl)CC\C=C\2)NC(=O)[C@@H]2Cc3ccccc3CN2)CC1. The number of amides is 2. The van der Waals surface area contributed by atoms with Crippen molar-refractivity contribution in [2.24, 2.45) is 11.3 Å². The molecule has 1 aromatic carbocycles. The zero-order chi connectivity index (χ0) is 30.2. The molecule has 2 N–H and O–H groups in total. The molecule has 7 nitrogen and oxygen atoms in total. The normalized spacial score (nSPS) is 26.3. The number of nitrogens with zero attached hydrogens (tertiary/aromatic N) is 1. The van der Waals surface area contributed by atoms with Gasteiger partial charge in [0.25, 0.3) is 0 Å². The van der Waals surface area contributed by atoms with Gasteiger partial charge >= 0.3 is 5.97 Å². The first kappa shape index (κ1) is 31.5. The van der Waals surface area contributed by atoms with Crippen molar-refractivity contribution in [1.29, 1.82) is 0 Å². The highest BCUT2D eigenvalue weighted by Crippen LogP contribution is 2.47. The summed E-state index contributed by atoms with van der Waals surface area (Å²) < 4.78 is 5.62. The summed E-state index contributed by atoms with van der Waals surface area (Å²) in [6.45, 7) is 3.81. The molecule has 1 unspecified atom stereocenters. The predicted molar refractivity (Wildman–Crippen MR) is 169 cm³/mol. The number of likely N-dealkylation sites (tertiary alicyclic amines) is 1. The first-order valence-electron chi connectivity index (χ1n) is 16.2. The van der Waals surface area contributed by atoms with Crippen LogP contribution >= 0.6 is 11.6 Å². The minimum Gasteiger partial charge on any atom is -0.466 e. The van der Waals surface area contributed by atoms with Gasteiger partial charge in [0.15, 0.2) is 0 Å². The maximum atomic E-state index is 14.2. The van der Waals surface area contributed by atoms with Crippen molar-refractivity contribution >= 4 is 29.4 Å². The molecule has 2 amide bonds. The van der Waals surface area contributed by atoms with E-state index in [4.69, 9.17) is 16.3 Å². The van der Waals surface area contributed by atoms with Gasteiger partial charge in [-0.05, 0) is 80.6 Å². The lowest BCUT2D eigenvalue weighted by atomic mass is 9.63. The van der Waals surface area contributed by atoms with Crippen molar-refractivity contribution in [3.8, 4) is 0 Å². The summed E-state index contributed by atoms with van der Waals surface area (Å²) in [6.07, 6.45) is 17.3. The molecular weight excluding hydrogens is 562 g/mol. The summed E-state index contributed by atoms with van der Waals surface area (Å²) in [5.41, 5.74) is 2.77. The van der Waals surface area contributed by atoms with Crippen molar-refractivity contribution < 1.29 is 19.1 Å². The minimum absolute atomic E-state index is 0.0999. The molecule has 5 rings (SSSR count). The first-order chi connectivity index (χ1) is 20.9. The van der Waals surface area contributed by atoms with E-state index in [1.54, 1.807) is 0 Å². The van der Waals surface area contributed by atoms with E-state index in [0.717, 1.165) is 54.7 Å². The van der Waals surface area contributed by atoms with Gasteiger partial charge in [0.1, 0.15) is 6.04 Å². The molecule has 1 saturated heterocycles. The van der Waals surface area contributed by atoms with Crippen molar-refractivity contribution in [1.82, 2.24) is 15.5 Å². The van der Waals surface area contributed by atoms with Gasteiger partial charge in [-0.3, -0.25) is 14.4 Å². The molecule has 43 heavy (non-hydrogen) atoms. The molecule has 2 aliphatic heterocycles. The van der Waals surface area contributed by atoms with E-state index < -0.39 is 17.5 Å². The second kappa shape index (κ2) is 14.7. The van der Waals surface area contributed by atoms with Crippen LogP contribution in [0.2, 0.25) is 0 Å². The molecule has 0 aromatic heterocycles. The number of nitrogens with one attached hydrogen (secondary N) is 2. The minimum atomic E-state index is -0.723. The predicted octanol–water partition coefficient (Wildman–Crippen LogP) is 5.73. The molecule has 8 heteroatoms. The number of allylic oxidation sites excluding steroid dienone is 5. The smallest absolute Gasteiger partial charge is 0.312 e. The number of piperidine rings is 1. The summed E-state index contributed by atoms with van der Waals surface area (Å²) in [4.78, 5) is 43.0. The molecule has 0 spiro atoms. The second-order valence-corrected chi connectivity index (χ2v) is 13.0. The molecule has 2 atom stereocenters. The number of rotatable bonds is 8. The van der Waals surface area contributed by atoms with Crippen LogP contribution in [-0.2, 0) is 32.1 Å². The highest BCUT2D eigenvalue weighted by Gasteiger charge is 2.49. The molecule has 1 aromatic rings. The number of hydrogen-bond acceptors (Lipinski definition) is 5. The maximum absolute atomic E-state index is 14.2. The van der Waals surface area contributed by atoms with Crippen LogP contribution < -0.4 is 10.6 Å². The Bertz CT molecular complexity index is 1260. The van der Waals surface area contributed by atoms with Crippen molar-refractivity contribution in [3.63, 3.8) is 0 Å². The van der Waals surface area contributed by atoms with Crippen LogP contribution in [0, 0.1) is 11.3 Å². The zero-order valence-electron chi connectivity index (χ0n) is 25.4. The van der Waals surface area contributed by atoms with Gasteiger partial charge in [0.05, 0.1) is 18.1 Å². The number of halogens is 1. The molecule has 2 aliphatic carbocycles. The van der Waals surface area contributed by atoms with E-state index in [2.05, 4.69) is 28.8 Å². The summed E-state index contributed by atoms with van der Waals surface area (Å²) in [5, 5.41) is 7.25. The molecule has 2 fully saturated rings. The van der Waals surface area contributed by atoms with Gasteiger partial charge in [0.2, 0.25) is 11.8 Å². The number of hydrogen-bond donors (Lipinski definition) is 2. The van der Waals surface area contributed by atoms with E-state index in [-0.39, 0.29) is 17.8 Å². The number of benzene rings is 1. The van der Waals surface area contributed by atoms with Crippen molar-refractivity contribution in [2.45, 2.75) is 96.2 Å². The Hall–Kier alpha value is -2.90. The van der Waals surface area contributed by atoms with Gasteiger partial charge < -0.3 is 20.3 Å². The Morgan fingerprint density at radius 1 is 1.09 bits per heavy atom. The van der Waals surface area contributed by atoms with E-state index in [1.807, 2.05) is 42.2 Å². The fourth-order valence-electron chi connectivity index (χ4n) is 7.33. The molecule has 232 valence electrons. The summed E-state index contributed by atoms with van der Waals surface area (Å²) >= 11 is 6.34. The Balaban J connectivity index is 1.32. The third-order valence-electron chi connectivity index (χ3n) is 9.85. The largest absolute Gasteiger partial charge is 0.466 e. The van der Waals surface area contributed by atoms with Gasteiger partial charge in [-0.1, -0.05) is 73.4 Å². The van der Waals surface area contributed by atoms with E-state index in [0.29, 0.717) is 57.8 Å². The fourth-order valence-corrected chi connectivity index (χ4v) is 7.50. The van der Waals surface area contributed by atoms with E-state index in [1.165, 1.54) is 12.0 Å². The average molecular weight is 608 g/mol. The van der Waals surface area contributed by atoms with Crippen LogP contribution in [0.25, 0.3) is 0 Å². The third kappa shape index (κ3) is 7.61. The van der Waals surface area contributed by atoms with Gasteiger partial charge in [-0.25, -0.2) is 0 Å². The van der Waals surface area contributed by atoms with Crippen LogP contribution in [0.15, 0.2) is 59.2 Å². The number of fused-ring (bicyclic) bond motifs is 1. The number of carbonyl (C=O) groups excluding carboxylic acids is 3. The lowest BCUT2D eigenvalue weighted by Crippen LogP contribution is -2.57. The summed E-state index contributed by atoms with van der Waals surface area (Å²) in [6, 6.07) is 7.02. The molecule has 0 radical (unpaired) electrons. The molecule has 1 saturated carbocycles. The number of ether oxygens (including phenoxy) is 1. The third-order valence-corrected chi connectivity index (χ3v) is 10.2. The standard InChI is InChI=1S/C35H46ClN3O4/c1-2-43-34(42)35(28-13-4-3-5-14-28)18-20-39(21-19-35)33(41)31(22-25-10-6-9-15-29(36)17-16-25)38-32(40)30-23-26-11-7-8-12-27(26)24-37-30/h6-8,10-12,16-17,28,30-31,37H,2-5,9,13-15,18-24H2,1H3,(H,38,40)/b10-6+,25-16+,29-17+/t30-,31?/m0/s1. The van der Waals surface area contributed by atoms with Crippen molar-refractivity contribution in [3.05, 3.63) is 70.3 Å². The lowest BCUT2D eigenvalue weighted by molar-refractivity contribution is -0.166. The van der Waals surface area contributed by atoms with Crippen LogP contribution in [0.3, 0.4) is 0 Å². The number of carbonyl (C=O) groups is 3. The van der Waals surface area contributed by atoms with Gasteiger partial charge in [0, 0.05) is 31.1 Å². The molecular formula is C35H46ClN3O4. The highest BCUT2D eigenvalue weighted by atomic mass is 35.5. The second-order valence-electron chi connectivity index (χ2n) is 12.5. The van der Waals surface area contributed by atoms with Crippen LogP contribution in [0.5, 0.6) is 0 Å². The fraction of sp³-hybridized carbons (Fsp3) is 0.571. The first-order valence-corrected chi connectivity index (χ1v) is 16.6. The topological polar surface area (TPSA) is 87.7 Å². The van der Waals surface area contributed by atoms with Crippen LogP contribution in [0.1, 0.15) is 82.3 Å². The van der Waals surface area contributed by atoms with Gasteiger partial charge in [-0.15, -0.1) is 0 Å². The summed E-state index contributed by atoms with van der Waals surface area (Å²) in [5.74, 6) is -0.0694. The summed E-state index contributed by atoms with van der Waals surface area (Å²) in [7, 11) is 0. The highest BCUT2D eigenvalue weighted by molar-refractivity contribution is 6.29. The van der Waals surface area contributed by atoms with Crippen LogP contribution in [0.4, 0.5) is 0 Å².